The fraction of sp³-hybridized carbons (Fsp3) is 0.163. The molecule has 0 saturated heterocycles. The minimum Gasteiger partial charge on any atom is -0.522 e. The molecular formula is C49H41N5OPt-2. The molecule has 9 aromatic rings. The molecule has 0 amide bonds. The van der Waals surface area contributed by atoms with Gasteiger partial charge in [-0.1, -0.05) is 132 Å². The van der Waals surface area contributed by atoms with Crippen molar-refractivity contribution >= 4 is 32.8 Å². The van der Waals surface area contributed by atoms with Crippen molar-refractivity contribution in [3.05, 3.63) is 169 Å². The maximum Gasteiger partial charge on any atom is 0.269 e. The van der Waals surface area contributed by atoms with Gasteiger partial charge < -0.3 is 9.30 Å². The van der Waals surface area contributed by atoms with Crippen molar-refractivity contribution in [2.45, 2.75) is 52.4 Å². The summed E-state index contributed by atoms with van der Waals surface area (Å²) in [4.78, 5) is 9.57. The molecule has 280 valence electrons. The summed E-state index contributed by atoms with van der Waals surface area (Å²) in [6, 6.07) is 51.2. The van der Waals surface area contributed by atoms with Crippen molar-refractivity contribution < 1.29 is 30.4 Å². The normalized spacial score (nSPS) is 12.0. The molecule has 0 N–H and O–H groups in total. The van der Waals surface area contributed by atoms with Gasteiger partial charge in [-0.2, -0.15) is 18.2 Å². The van der Waals surface area contributed by atoms with E-state index in [4.69, 9.17) is 14.7 Å². The van der Waals surface area contributed by atoms with E-state index in [-0.39, 0.29) is 31.9 Å². The molecule has 0 radical (unpaired) electrons. The average molecular weight is 911 g/mol. The van der Waals surface area contributed by atoms with E-state index in [1.54, 1.807) is 6.20 Å². The quantitative estimate of drug-likeness (QED) is 0.123. The van der Waals surface area contributed by atoms with Crippen LogP contribution in [0.5, 0.6) is 11.5 Å². The summed E-state index contributed by atoms with van der Waals surface area (Å²) in [7, 11) is 0. The number of nitrogens with zero attached hydrogens (tertiary/aromatic N) is 5. The van der Waals surface area contributed by atoms with Crippen LogP contribution in [0, 0.1) is 18.5 Å². The van der Waals surface area contributed by atoms with Crippen LogP contribution in [0.4, 0.5) is 0 Å². The fourth-order valence-corrected chi connectivity index (χ4v) is 7.21. The Labute approximate surface area is 342 Å². The van der Waals surface area contributed by atoms with E-state index >= 15 is 0 Å². The van der Waals surface area contributed by atoms with E-state index in [1.807, 2.05) is 29.0 Å². The van der Waals surface area contributed by atoms with Crippen molar-refractivity contribution in [2.75, 3.05) is 0 Å². The summed E-state index contributed by atoms with van der Waals surface area (Å²) >= 11 is 0. The molecule has 0 saturated carbocycles. The Bertz CT molecular complexity index is 2880. The summed E-state index contributed by atoms with van der Waals surface area (Å²) in [5, 5.41) is 2.21. The number of fused-ring (bicyclic) bond motifs is 4. The predicted octanol–water partition coefficient (Wildman–Crippen LogP) is 11.2. The van der Waals surface area contributed by atoms with Crippen LogP contribution >= 0.6 is 0 Å². The summed E-state index contributed by atoms with van der Waals surface area (Å²) in [5.74, 6) is 2.51. The smallest absolute Gasteiger partial charge is 0.269 e. The Morgan fingerprint density at radius 3 is 2.07 bits per heavy atom. The van der Waals surface area contributed by atoms with Crippen LogP contribution in [-0.4, -0.2) is 19.1 Å². The standard InChI is InChI=1S/C49H41N5O.Pt/c1-48(2,3)35-22-24-51-47(29-35)54-42-17-11-10-16-40(42)41-21-20-38(30-45(41)54)55-39-23-25-50-46(31-39)53-32-52(43-18-12-13-19-44(43)53)37-27-34(33-14-8-7-9-15-33)26-36(28-37)49(4,5)6;/h7-29H,1-6H3;/q-2;. The van der Waals surface area contributed by atoms with E-state index in [0.29, 0.717) is 17.3 Å². The summed E-state index contributed by atoms with van der Waals surface area (Å²) in [5.41, 5.74) is 9.64. The molecule has 9 rings (SSSR count). The van der Waals surface area contributed by atoms with Gasteiger partial charge in [0.25, 0.3) is 6.33 Å². The molecule has 0 aliphatic heterocycles. The third-order valence-corrected chi connectivity index (χ3v) is 10.2. The van der Waals surface area contributed by atoms with Crippen molar-refractivity contribution in [3.8, 4) is 39.9 Å². The number of benzene rings is 5. The van der Waals surface area contributed by atoms with Gasteiger partial charge in [-0.05, 0) is 74.6 Å². The van der Waals surface area contributed by atoms with Crippen LogP contribution in [0.1, 0.15) is 52.7 Å². The molecule has 4 aromatic heterocycles. The van der Waals surface area contributed by atoms with E-state index in [9.17, 15) is 0 Å². The molecule has 0 atom stereocenters. The van der Waals surface area contributed by atoms with E-state index in [2.05, 4.69) is 178 Å². The largest absolute Gasteiger partial charge is 0.522 e. The number of rotatable bonds is 6. The molecule has 0 aliphatic carbocycles. The van der Waals surface area contributed by atoms with Gasteiger partial charge in [0.15, 0.2) is 0 Å². The number of ether oxygens (including phenoxy) is 1. The number of aromatic nitrogens is 5. The van der Waals surface area contributed by atoms with Gasteiger partial charge in [-0.3, -0.25) is 14.1 Å². The first-order chi connectivity index (χ1) is 26.5. The number of hydrogen-bond acceptors (Lipinski definition) is 3. The van der Waals surface area contributed by atoms with Crippen LogP contribution in [0.25, 0.3) is 61.3 Å². The van der Waals surface area contributed by atoms with Crippen molar-refractivity contribution in [1.29, 1.82) is 0 Å². The van der Waals surface area contributed by atoms with Crippen LogP contribution < -0.4 is 9.30 Å². The zero-order chi connectivity index (χ0) is 37.9. The number of para-hydroxylation sites is 3. The molecule has 0 spiro atoms. The third-order valence-electron chi connectivity index (χ3n) is 10.2. The van der Waals surface area contributed by atoms with Gasteiger partial charge in [-0.25, -0.2) is 4.98 Å². The van der Waals surface area contributed by atoms with Crippen molar-refractivity contribution in [1.82, 2.24) is 19.1 Å². The SMILES string of the molecule is CC(C)(C)c1cc(-c2ccccc2)cc(-[n+]2[c-]n(-c3[c-]c(Oc4[c-]c5c(cc4)c4ccccc4n5-c4cc(C(C)(C)C)ccn4)ccn3)c3ccccc32)c1.[Pt]. The molecule has 7 heteroatoms. The average Bonchev–Trinajstić information content (AvgIpc) is 3.74. The van der Waals surface area contributed by atoms with E-state index < -0.39 is 0 Å². The second kappa shape index (κ2) is 14.3. The number of imidazole rings is 1. The van der Waals surface area contributed by atoms with Crippen LogP contribution in [0.3, 0.4) is 0 Å². The van der Waals surface area contributed by atoms with Crippen LogP contribution in [-0.2, 0) is 31.9 Å². The number of hydrogen-bond donors (Lipinski definition) is 0. The Morgan fingerprint density at radius 2 is 1.29 bits per heavy atom. The Hall–Kier alpha value is -5.84. The Kier molecular flexibility index (Phi) is 9.50. The molecule has 0 unspecified atom stereocenters. The molecule has 4 heterocycles. The minimum absolute atomic E-state index is 0. The topological polar surface area (TPSA) is 48.8 Å². The Balaban J connectivity index is 0.00000441. The Morgan fingerprint density at radius 1 is 0.589 bits per heavy atom. The van der Waals surface area contributed by atoms with Gasteiger partial charge in [0.1, 0.15) is 5.82 Å². The predicted molar refractivity (Wildman–Crippen MR) is 221 cm³/mol. The zero-order valence-corrected chi connectivity index (χ0v) is 34.5. The third kappa shape index (κ3) is 6.84. The molecule has 0 fully saturated rings. The van der Waals surface area contributed by atoms with Gasteiger partial charge in [-0.15, -0.1) is 17.5 Å². The van der Waals surface area contributed by atoms with Crippen LogP contribution in [0.2, 0.25) is 0 Å². The molecule has 6 nitrogen and oxygen atoms in total. The maximum atomic E-state index is 6.52. The first-order valence-corrected chi connectivity index (χ1v) is 18.7. The van der Waals surface area contributed by atoms with Gasteiger partial charge in [0.2, 0.25) is 0 Å². The van der Waals surface area contributed by atoms with Crippen LogP contribution in [0.15, 0.2) is 140 Å². The molecular weight excluding hydrogens is 870 g/mol. The van der Waals surface area contributed by atoms with Gasteiger partial charge in [0.05, 0.1) is 22.5 Å². The first-order valence-electron chi connectivity index (χ1n) is 18.7. The monoisotopic (exact) mass is 910 g/mol. The van der Waals surface area contributed by atoms with E-state index in [0.717, 1.165) is 49.9 Å². The maximum absolute atomic E-state index is 6.52. The van der Waals surface area contributed by atoms with E-state index in [1.165, 1.54) is 16.7 Å². The second-order valence-electron chi connectivity index (χ2n) is 16.1. The molecule has 0 bridgehead atoms. The van der Waals surface area contributed by atoms with Crippen molar-refractivity contribution in [2.24, 2.45) is 0 Å². The molecule has 0 aliphatic rings. The number of pyridine rings is 2. The fourth-order valence-electron chi connectivity index (χ4n) is 7.21. The first kappa shape index (κ1) is 37.1. The summed E-state index contributed by atoms with van der Waals surface area (Å²) in [6.07, 6.45) is 7.25. The van der Waals surface area contributed by atoms with Gasteiger partial charge >= 0.3 is 0 Å². The second-order valence-corrected chi connectivity index (χ2v) is 16.1. The zero-order valence-electron chi connectivity index (χ0n) is 32.2. The van der Waals surface area contributed by atoms with Crippen molar-refractivity contribution in [3.63, 3.8) is 0 Å². The molecule has 56 heavy (non-hydrogen) atoms. The molecule has 5 aromatic carbocycles. The van der Waals surface area contributed by atoms with Gasteiger partial charge in [0, 0.05) is 38.5 Å². The summed E-state index contributed by atoms with van der Waals surface area (Å²) < 4.78 is 12.8. The summed E-state index contributed by atoms with van der Waals surface area (Å²) in [6.45, 7) is 13.4. The minimum atomic E-state index is -0.0547.